The van der Waals surface area contributed by atoms with Crippen molar-refractivity contribution in [3.63, 3.8) is 0 Å². The highest BCUT2D eigenvalue weighted by atomic mass is 32.3. The minimum atomic E-state index is -4.39. The van der Waals surface area contributed by atoms with Crippen LogP contribution in [0.3, 0.4) is 0 Å². The van der Waals surface area contributed by atoms with Crippen molar-refractivity contribution >= 4 is 20.4 Å². The van der Waals surface area contributed by atoms with Gasteiger partial charge in [-0.3, -0.25) is 15.0 Å². The van der Waals surface area contributed by atoms with Gasteiger partial charge in [0.2, 0.25) is 0 Å². The number of benzene rings is 4. The van der Waals surface area contributed by atoms with Crippen LogP contribution in [-0.2, 0) is 33.6 Å². The maximum Gasteiger partial charge on any atom is 0.307 e. The minimum absolute atomic E-state index is 0.0326. The molecule has 3 heterocycles. The van der Waals surface area contributed by atoms with Gasteiger partial charge in [-0.25, -0.2) is 3.63 Å². The third-order valence-corrected chi connectivity index (χ3v) is 13.5. The molecule has 0 aliphatic rings. The standard InChI is InChI=1S/C43H37N3O6S2/c1-33-11-13-40(14-12-33)54(47,48)52-53(41-8-2-5-37(27-41)49-30-34-15-21-44-22-16-34,42-9-3-6-38(28-42)50-31-35-17-23-45-24-18-35)43-10-4-7-39(29-43)51-32-36-19-25-46-26-20-36/h2-29H,30-32H2,1H3. The van der Waals surface area contributed by atoms with E-state index in [2.05, 4.69) is 15.0 Å². The number of rotatable bonds is 15. The van der Waals surface area contributed by atoms with Crippen LogP contribution < -0.4 is 14.2 Å². The Morgan fingerprint density at radius 1 is 0.444 bits per heavy atom. The second-order valence-corrected chi connectivity index (χ2v) is 16.7. The molecule has 0 spiro atoms. The molecule has 0 amide bonds. The Bertz CT molecular complexity index is 2190. The van der Waals surface area contributed by atoms with Crippen LogP contribution in [-0.4, -0.2) is 23.4 Å². The summed E-state index contributed by atoms with van der Waals surface area (Å²) in [5.41, 5.74) is 3.73. The molecule has 7 rings (SSSR count). The number of nitrogens with zero attached hydrogens (tertiary/aromatic N) is 3. The zero-order valence-electron chi connectivity index (χ0n) is 29.4. The van der Waals surface area contributed by atoms with Crippen molar-refractivity contribution in [3.05, 3.63) is 193 Å². The predicted molar refractivity (Wildman–Crippen MR) is 207 cm³/mol. The van der Waals surface area contributed by atoms with E-state index in [-0.39, 0.29) is 24.7 Å². The Labute approximate surface area is 316 Å². The van der Waals surface area contributed by atoms with Crippen LogP contribution in [0.4, 0.5) is 0 Å². The van der Waals surface area contributed by atoms with E-state index in [1.54, 1.807) is 61.4 Å². The van der Waals surface area contributed by atoms with Crippen LogP contribution in [0, 0.1) is 6.92 Å². The predicted octanol–water partition coefficient (Wildman–Crippen LogP) is 9.52. The van der Waals surface area contributed by atoms with E-state index in [0.29, 0.717) is 31.9 Å². The van der Waals surface area contributed by atoms with Gasteiger partial charge in [-0.15, -0.1) is 0 Å². The third-order valence-electron chi connectivity index (χ3n) is 8.38. The Kier molecular flexibility index (Phi) is 11.3. The van der Waals surface area contributed by atoms with Gasteiger partial charge in [-0.1, -0.05) is 35.9 Å². The lowest BCUT2D eigenvalue weighted by Crippen LogP contribution is -2.15. The number of aromatic nitrogens is 3. The molecule has 0 saturated heterocycles. The lowest BCUT2D eigenvalue weighted by atomic mass is 10.2. The molecule has 11 heteroatoms. The van der Waals surface area contributed by atoms with Crippen LogP contribution in [0.1, 0.15) is 22.3 Å². The highest BCUT2D eigenvalue weighted by Gasteiger charge is 2.39. The van der Waals surface area contributed by atoms with E-state index in [1.165, 1.54) is 0 Å². The summed E-state index contributed by atoms with van der Waals surface area (Å²) in [7, 11) is -7.51. The first-order valence-corrected chi connectivity index (χ1v) is 20.1. The smallest absolute Gasteiger partial charge is 0.307 e. The number of aryl methyl sites for hydroxylation is 1. The van der Waals surface area contributed by atoms with Crippen LogP contribution in [0.5, 0.6) is 17.2 Å². The molecule has 0 unspecified atom stereocenters. The summed E-state index contributed by atoms with van der Waals surface area (Å²) in [5, 5.41) is 0. The number of ether oxygens (including phenoxy) is 3. The minimum Gasteiger partial charge on any atom is -0.489 e. The molecule has 9 nitrogen and oxygen atoms in total. The van der Waals surface area contributed by atoms with E-state index >= 15 is 0 Å². The van der Waals surface area contributed by atoms with E-state index in [0.717, 1.165) is 22.3 Å². The van der Waals surface area contributed by atoms with Gasteiger partial charge < -0.3 is 14.2 Å². The molecule has 0 atom stereocenters. The fraction of sp³-hybridized carbons (Fsp3) is 0.0930. The van der Waals surface area contributed by atoms with Gasteiger partial charge in [0.15, 0.2) is 0 Å². The lowest BCUT2D eigenvalue weighted by Gasteiger charge is -2.39. The first-order chi connectivity index (χ1) is 26.4. The van der Waals surface area contributed by atoms with Crippen molar-refractivity contribution in [1.82, 2.24) is 15.0 Å². The van der Waals surface area contributed by atoms with Crippen molar-refractivity contribution in [3.8, 4) is 17.2 Å². The summed E-state index contributed by atoms with van der Waals surface area (Å²) in [6, 6.07) is 40.1. The largest absolute Gasteiger partial charge is 0.489 e. The molecule has 0 bridgehead atoms. The summed E-state index contributed by atoms with van der Waals surface area (Å²) in [4.78, 5) is 14.1. The Hall–Kier alpha value is -6.01. The SMILES string of the molecule is Cc1ccc(S(=O)(=O)OS(c2cccc(OCc3ccncc3)c2)(c2cccc(OCc3ccncc3)c2)c2cccc(OCc3ccncc3)c2)cc1. The van der Waals surface area contributed by atoms with Crippen LogP contribution in [0.25, 0.3) is 0 Å². The topological polar surface area (TPSA) is 110 Å². The summed E-state index contributed by atoms with van der Waals surface area (Å²) >= 11 is 0. The molecule has 54 heavy (non-hydrogen) atoms. The summed E-state index contributed by atoms with van der Waals surface area (Å²) < 4.78 is 54.6. The first kappa shape index (κ1) is 36.4. The van der Waals surface area contributed by atoms with Crippen molar-refractivity contribution in [2.24, 2.45) is 0 Å². The molecule has 3 aromatic heterocycles. The molecule has 7 aromatic rings. The molecule has 272 valence electrons. The number of hydrogen-bond donors (Lipinski definition) is 0. The second-order valence-electron chi connectivity index (χ2n) is 12.2. The fourth-order valence-corrected chi connectivity index (χ4v) is 10.8. The molecule has 0 aliphatic heterocycles. The van der Waals surface area contributed by atoms with E-state index in [9.17, 15) is 8.42 Å². The zero-order valence-corrected chi connectivity index (χ0v) is 31.0. The van der Waals surface area contributed by atoms with Gasteiger partial charge in [-0.05, 0) is 137 Å². The van der Waals surface area contributed by atoms with Gasteiger partial charge in [-0.2, -0.15) is 8.42 Å². The monoisotopic (exact) mass is 755 g/mol. The van der Waals surface area contributed by atoms with Gasteiger partial charge in [0.05, 0.1) is 4.90 Å². The van der Waals surface area contributed by atoms with Crippen molar-refractivity contribution < 1.29 is 26.3 Å². The Balaban J connectivity index is 1.38. The van der Waals surface area contributed by atoms with Crippen LogP contribution >= 0.6 is 10.3 Å². The normalized spacial score (nSPS) is 11.8. The lowest BCUT2D eigenvalue weighted by molar-refractivity contribution is 0.305. The van der Waals surface area contributed by atoms with Crippen molar-refractivity contribution in [2.75, 3.05) is 0 Å². The quantitative estimate of drug-likeness (QED) is 0.101. The average molecular weight is 756 g/mol. The maximum atomic E-state index is 14.6. The molecule has 0 aliphatic carbocycles. The molecule has 0 N–H and O–H groups in total. The molecular formula is C43H37N3O6S2. The third kappa shape index (κ3) is 8.78. The van der Waals surface area contributed by atoms with Gasteiger partial charge >= 0.3 is 10.1 Å². The molecule has 0 saturated carbocycles. The fourth-order valence-electron chi connectivity index (χ4n) is 5.57. The Morgan fingerprint density at radius 3 is 1.15 bits per heavy atom. The van der Waals surface area contributed by atoms with Crippen molar-refractivity contribution in [2.45, 2.75) is 46.3 Å². The molecule has 4 aromatic carbocycles. The number of pyridine rings is 3. The van der Waals surface area contributed by atoms with E-state index in [1.807, 2.05) is 116 Å². The highest BCUT2D eigenvalue weighted by Crippen LogP contribution is 2.71. The van der Waals surface area contributed by atoms with Gasteiger partial charge in [0, 0.05) is 51.9 Å². The van der Waals surface area contributed by atoms with E-state index in [4.69, 9.17) is 17.8 Å². The summed E-state index contributed by atoms with van der Waals surface area (Å²) in [5.74, 6) is 1.60. The number of hydrogen-bond acceptors (Lipinski definition) is 9. The maximum absolute atomic E-state index is 14.6. The molecule has 0 fully saturated rings. The first-order valence-electron chi connectivity index (χ1n) is 17.1. The summed E-state index contributed by atoms with van der Waals surface area (Å²) in [6.07, 6.45) is 10.3. The van der Waals surface area contributed by atoms with E-state index < -0.39 is 20.4 Å². The van der Waals surface area contributed by atoms with Crippen LogP contribution in [0.2, 0.25) is 0 Å². The van der Waals surface area contributed by atoms with Gasteiger partial charge in [0.25, 0.3) is 0 Å². The summed E-state index contributed by atoms with van der Waals surface area (Å²) in [6.45, 7) is 2.76. The molecule has 0 radical (unpaired) electrons. The van der Waals surface area contributed by atoms with Crippen molar-refractivity contribution in [1.29, 1.82) is 0 Å². The highest BCUT2D eigenvalue weighted by molar-refractivity contribution is 8.33. The zero-order chi connectivity index (χ0) is 37.2. The Morgan fingerprint density at radius 2 is 0.796 bits per heavy atom. The average Bonchev–Trinajstić information content (AvgIpc) is 3.22. The van der Waals surface area contributed by atoms with Gasteiger partial charge in [0.1, 0.15) is 37.1 Å². The second kappa shape index (κ2) is 16.8. The van der Waals surface area contributed by atoms with Crippen LogP contribution in [0.15, 0.2) is 190 Å². The molecular weight excluding hydrogens is 719 g/mol.